The molecule has 2 aliphatic rings. The summed E-state index contributed by atoms with van der Waals surface area (Å²) >= 11 is 0. The quantitative estimate of drug-likeness (QED) is 0.654. The van der Waals surface area contributed by atoms with Crippen molar-refractivity contribution >= 4 is 0 Å². The third-order valence-electron chi connectivity index (χ3n) is 5.86. The van der Waals surface area contributed by atoms with Gasteiger partial charge in [0.25, 0.3) is 5.89 Å². The molecule has 144 valence electrons. The summed E-state index contributed by atoms with van der Waals surface area (Å²) in [5.74, 6) is 1.78. The van der Waals surface area contributed by atoms with Gasteiger partial charge in [0.15, 0.2) is 12.4 Å². The van der Waals surface area contributed by atoms with Crippen LogP contribution in [-0.2, 0) is 6.61 Å². The van der Waals surface area contributed by atoms with Crippen molar-refractivity contribution in [1.29, 1.82) is 0 Å². The summed E-state index contributed by atoms with van der Waals surface area (Å²) in [6.45, 7) is 1.31. The minimum absolute atomic E-state index is 0.182. The summed E-state index contributed by atoms with van der Waals surface area (Å²) in [6.07, 6.45) is 3.39. The van der Waals surface area contributed by atoms with E-state index in [1.165, 1.54) is 30.5 Å². The third kappa shape index (κ3) is 3.29. The molecule has 0 amide bonds. The maximum absolute atomic E-state index is 13.0. The predicted molar refractivity (Wildman–Crippen MR) is 101 cm³/mol. The molecule has 2 aliphatic heterocycles. The molecule has 5 nitrogen and oxygen atoms in total. The summed E-state index contributed by atoms with van der Waals surface area (Å²) in [7, 11) is 0. The highest BCUT2D eigenvalue weighted by molar-refractivity contribution is 5.24. The molecular weight excluding hydrogens is 357 g/mol. The molecule has 0 unspecified atom stereocenters. The monoisotopic (exact) mass is 379 g/mol. The van der Waals surface area contributed by atoms with Gasteiger partial charge in [-0.15, -0.1) is 0 Å². The Balaban J connectivity index is 1.30. The van der Waals surface area contributed by atoms with E-state index in [2.05, 4.69) is 45.4 Å². The smallest absolute Gasteiger partial charge is 0.264 e. The lowest BCUT2D eigenvalue weighted by atomic mass is 9.94. The summed E-state index contributed by atoms with van der Waals surface area (Å²) < 4.78 is 24.0. The number of fused-ring (bicyclic) bond motifs is 1. The fourth-order valence-electron chi connectivity index (χ4n) is 4.60. The predicted octanol–water partition coefficient (Wildman–Crippen LogP) is 4.48. The van der Waals surface area contributed by atoms with Crippen LogP contribution in [0.15, 0.2) is 59.1 Å². The third-order valence-corrected chi connectivity index (χ3v) is 5.86. The van der Waals surface area contributed by atoms with Crippen LogP contribution in [0.3, 0.4) is 0 Å². The zero-order valence-electron chi connectivity index (χ0n) is 15.5. The largest absolute Gasteiger partial charge is 0.484 e. The second-order valence-corrected chi connectivity index (χ2v) is 7.50. The van der Waals surface area contributed by atoms with Gasteiger partial charge in [-0.1, -0.05) is 35.5 Å². The van der Waals surface area contributed by atoms with Gasteiger partial charge in [-0.3, -0.25) is 4.90 Å². The SMILES string of the molecule is Fc1ccc(OCc2nc([C@H]3C[C@@H](c4ccccc4)N4CCC[C@H]34)no2)cc1. The minimum Gasteiger partial charge on any atom is -0.484 e. The number of benzene rings is 2. The van der Waals surface area contributed by atoms with Gasteiger partial charge in [-0.25, -0.2) is 4.39 Å². The van der Waals surface area contributed by atoms with Crippen molar-refractivity contribution in [2.24, 2.45) is 0 Å². The van der Waals surface area contributed by atoms with Gasteiger partial charge in [-0.2, -0.15) is 4.98 Å². The summed E-state index contributed by atoms with van der Waals surface area (Å²) in [4.78, 5) is 7.21. The molecule has 6 heteroatoms. The molecule has 0 radical (unpaired) electrons. The van der Waals surface area contributed by atoms with Crippen molar-refractivity contribution < 1.29 is 13.7 Å². The molecule has 3 aromatic rings. The first kappa shape index (κ1) is 17.4. The van der Waals surface area contributed by atoms with Gasteiger partial charge in [0, 0.05) is 18.0 Å². The van der Waals surface area contributed by atoms with E-state index < -0.39 is 0 Å². The van der Waals surface area contributed by atoms with Gasteiger partial charge < -0.3 is 9.26 Å². The number of aromatic nitrogens is 2. The zero-order valence-corrected chi connectivity index (χ0v) is 15.5. The molecule has 2 aromatic carbocycles. The highest BCUT2D eigenvalue weighted by atomic mass is 19.1. The van der Waals surface area contributed by atoms with E-state index in [1.54, 1.807) is 12.1 Å². The maximum Gasteiger partial charge on any atom is 0.264 e. The van der Waals surface area contributed by atoms with Crippen LogP contribution in [0.5, 0.6) is 5.75 Å². The Labute approximate surface area is 163 Å². The highest BCUT2D eigenvalue weighted by Crippen LogP contribution is 2.48. The first-order valence-corrected chi connectivity index (χ1v) is 9.79. The molecule has 3 heterocycles. The number of hydrogen-bond acceptors (Lipinski definition) is 5. The maximum atomic E-state index is 13.0. The molecule has 0 N–H and O–H groups in total. The van der Waals surface area contributed by atoms with E-state index >= 15 is 0 Å². The first-order chi connectivity index (χ1) is 13.8. The summed E-state index contributed by atoms with van der Waals surface area (Å²) in [5.41, 5.74) is 1.36. The Kier molecular flexibility index (Phi) is 4.56. The number of hydrogen-bond donors (Lipinski definition) is 0. The van der Waals surface area contributed by atoms with E-state index in [-0.39, 0.29) is 18.3 Å². The Morgan fingerprint density at radius 2 is 1.93 bits per heavy atom. The van der Waals surface area contributed by atoms with Gasteiger partial charge >= 0.3 is 0 Å². The summed E-state index contributed by atoms with van der Waals surface area (Å²) in [6, 6.07) is 17.5. The van der Waals surface area contributed by atoms with Crippen LogP contribution >= 0.6 is 0 Å². The van der Waals surface area contributed by atoms with Crippen LogP contribution in [0.2, 0.25) is 0 Å². The molecule has 1 aromatic heterocycles. The summed E-state index contributed by atoms with van der Waals surface area (Å²) in [5, 5.41) is 4.26. The van der Waals surface area contributed by atoms with Crippen molar-refractivity contribution in [3.63, 3.8) is 0 Å². The lowest BCUT2D eigenvalue weighted by molar-refractivity contribution is 0.239. The van der Waals surface area contributed by atoms with Crippen LogP contribution < -0.4 is 4.74 Å². The highest BCUT2D eigenvalue weighted by Gasteiger charge is 2.46. The topological polar surface area (TPSA) is 51.4 Å². The van der Waals surface area contributed by atoms with Crippen molar-refractivity contribution in [1.82, 2.24) is 15.0 Å². The number of rotatable bonds is 5. The normalized spacial score (nSPS) is 24.4. The van der Waals surface area contributed by atoms with Gasteiger partial charge in [0.1, 0.15) is 11.6 Å². The molecule has 28 heavy (non-hydrogen) atoms. The van der Waals surface area contributed by atoms with E-state index in [9.17, 15) is 4.39 Å². The average Bonchev–Trinajstić information content (AvgIpc) is 3.45. The van der Waals surface area contributed by atoms with Crippen molar-refractivity contribution in [3.05, 3.63) is 77.7 Å². The Hall–Kier alpha value is -2.73. The lowest BCUT2D eigenvalue weighted by Crippen LogP contribution is -2.27. The molecule has 0 saturated carbocycles. The van der Waals surface area contributed by atoms with Crippen molar-refractivity contribution in [2.75, 3.05) is 6.54 Å². The van der Waals surface area contributed by atoms with E-state index in [1.807, 2.05) is 0 Å². The van der Waals surface area contributed by atoms with Crippen LogP contribution in [-0.4, -0.2) is 27.6 Å². The van der Waals surface area contributed by atoms with Crippen molar-refractivity contribution in [3.8, 4) is 5.75 Å². The molecule has 5 rings (SSSR count). The molecular formula is C22H22FN3O2. The lowest BCUT2D eigenvalue weighted by Gasteiger charge is -2.24. The second-order valence-electron chi connectivity index (χ2n) is 7.50. The van der Waals surface area contributed by atoms with Gasteiger partial charge in [-0.05, 0) is 55.6 Å². The fraction of sp³-hybridized carbons (Fsp3) is 0.364. The van der Waals surface area contributed by atoms with Crippen LogP contribution in [0.1, 0.15) is 48.5 Å². The molecule has 2 fully saturated rings. The molecule has 3 atom stereocenters. The van der Waals surface area contributed by atoms with Gasteiger partial charge in [0.05, 0.1) is 0 Å². The van der Waals surface area contributed by atoms with E-state index in [0.717, 1.165) is 18.8 Å². The molecule has 0 aliphatic carbocycles. The van der Waals surface area contributed by atoms with E-state index in [4.69, 9.17) is 9.26 Å². The standard InChI is InChI=1S/C22H22FN3O2/c23-16-8-10-17(11-9-16)27-14-21-24-22(25-28-21)18-13-20(15-5-2-1-3-6-15)26-12-4-7-19(18)26/h1-3,5-6,8-11,18-20H,4,7,12-14H2/t18-,19+,20-/m0/s1. The van der Waals surface area contributed by atoms with E-state index in [0.29, 0.717) is 23.7 Å². The molecule has 2 saturated heterocycles. The van der Waals surface area contributed by atoms with Gasteiger partial charge in [0.2, 0.25) is 0 Å². The number of halogens is 1. The Morgan fingerprint density at radius 1 is 1.11 bits per heavy atom. The molecule has 0 spiro atoms. The minimum atomic E-state index is -0.289. The molecule has 0 bridgehead atoms. The fourth-order valence-corrected chi connectivity index (χ4v) is 4.60. The number of ether oxygens (including phenoxy) is 1. The first-order valence-electron chi connectivity index (χ1n) is 9.79. The Bertz CT molecular complexity index is 928. The van der Waals surface area contributed by atoms with Crippen molar-refractivity contribution in [2.45, 2.75) is 43.9 Å². The number of nitrogens with zero attached hydrogens (tertiary/aromatic N) is 3. The van der Waals surface area contributed by atoms with Crippen LogP contribution in [0.25, 0.3) is 0 Å². The van der Waals surface area contributed by atoms with Crippen LogP contribution in [0, 0.1) is 5.82 Å². The van der Waals surface area contributed by atoms with Crippen LogP contribution in [0.4, 0.5) is 4.39 Å². The Morgan fingerprint density at radius 3 is 2.75 bits per heavy atom. The average molecular weight is 379 g/mol. The second kappa shape index (κ2) is 7.36. The zero-order chi connectivity index (χ0) is 18.9.